The van der Waals surface area contributed by atoms with Gasteiger partial charge in [0.05, 0.1) is 11.8 Å². The molecule has 0 saturated heterocycles. The fraction of sp³-hybridized carbons (Fsp3) is 0.600. The molecule has 3 N–H and O–H groups in total. The zero-order valence-electron chi connectivity index (χ0n) is 9.56. The van der Waals surface area contributed by atoms with Crippen LogP contribution in [0.2, 0.25) is 0 Å². The van der Waals surface area contributed by atoms with Crippen molar-refractivity contribution in [3.63, 3.8) is 0 Å². The van der Waals surface area contributed by atoms with Crippen LogP contribution in [-0.2, 0) is 10.0 Å². The van der Waals surface area contributed by atoms with Gasteiger partial charge in [-0.05, 0) is 38.9 Å². The zero-order valence-corrected chi connectivity index (χ0v) is 10.4. The van der Waals surface area contributed by atoms with E-state index < -0.39 is 10.0 Å². The number of hydrogen-bond donors (Lipinski definition) is 2. The number of rotatable bonds is 6. The minimum atomic E-state index is -3.27. The van der Waals surface area contributed by atoms with E-state index in [4.69, 9.17) is 10.2 Å². The Balaban J connectivity index is 2.60. The van der Waals surface area contributed by atoms with E-state index in [1.165, 1.54) is 0 Å². The van der Waals surface area contributed by atoms with Crippen LogP contribution < -0.4 is 10.5 Å². The predicted octanol–water partition coefficient (Wildman–Crippen LogP) is 0.917. The number of furan rings is 1. The Morgan fingerprint density at radius 3 is 2.69 bits per heavy atom. The summed E-state index contributed by atoms with van der Waals surface area (Å²) < 4.78 is 31.0. The van der Waals surface area contributed by atoms with Crippen LogP contribution in [0, 0.1) is 6.92 Å². The van der Waals surface area contributed by atoms with Crippen LogP contribution in [0.15, 0.2) is 16.5 Å². The van der Waals surface area contributed by atoms with Gasteiger partial charge in [-0.1, -0.05) is 0 Å². The van der Waals surface area contributed by atoms with Crippen molar-refractivity contribution in [3.8, 4) is 0 Å². The summed E-state index contributed by atoms with van der Waals surface area (Å²) in [6.45, 7) is 3.94. The highest BCUT2D eigenvalue weighted by atomic mass is 32.2. The number of aryl methyl sites for hydroxylation is 1. The third-order valence-corrected chi connectivity index (χ3v) is 3.70. The van der Waals surface area contributed by atoms with Crippen molar-refractivity contribution in [2.45, 2.75) is 26.3 Å². The lowest BCUT2D eigenvalue weighted by Gasteiger charge is -2.11. The molecule has 16 heavy (non-hydrogen) atoms. The largest absolute Gasteiger partial charge is 0.465 e. The average molecular weight is 246 g/mol. The molecule has 0 aliphatic carbocycles. The molecular weight excluding hydrogens is 228 g/mol. The monoisotopic (exact) mass is 246 g/mol. The highest BCUT2D eigenvalue weighted by Crippen LogP contribution is 2.16. The molecule has 0 aliphatic rings. The zero-order chi connectivity index (χ0) is 12.2. The first-order chi connectivity index (χ1) is 7.44. The van der Waals surface area contributed by atoms with Gasteiger partial charge < -0.3 is 10.2 Å². The number of hydrogen-bond acceptors (Lipinski definition) is 4. The average Bonchev–Trinajstić information content (AvgIpc) is 2.61. The van der Waals surface area contributed by atoms with E-state index in [1.54, 1.807) is 19.1 Å². The van der Waals surface area contributed by atoms with Gasteiger partial charge >= 0.3 is 0 Å². The highest BCUT2D eigenvalue weighted by Gasteiger charge is 2.17. The molecule has 6 heteroatoms. The van der Waals surface area contributed by atoms with Crippen molar-refractivity contribution in [1.82, 2.24) is 4.72 Å². The Labute approximate surface area is 96.1 Å². The second-order valence-corrected chi connectivity index (χ2v) is 5.62. The minimum absolute atomic E-state index is 0.0491. The predicted molar refractivity (Wildman–Crippen MR) is 62.5 cm³/mol. The normalized spacial score (nSPS) is 13.9. The summed E-state index contributed by atoms with van der Waals surface area (Å²) in [7, 11) is -3.27. The lowest BCUT2D eigenvalue weighted by Crippen LogP contribution is -2.29. The maximum absolute atomic E-state index is 11.6. The molecular formula is C10H18N2O3S. The van der Waals surface area contributed by atoms with Crippen molar-refractivity contribution in [2.24, 2.45) is 5.73 Å². The molecule has 1 aromatic heterocycles. The van der Waals surface area contributed by atoms with Gasteiger partial charge in [-0.2, -0.15) is 0 Å². The second-order valence-electron chi connectivity index (χ2n) is 3.75. The van der Waals surface area contributed by atoms with Crippen LogP contribution in [-0.4, -0.2) is 20.7 Å². The van der Waals surface area contributed by atoms with Crippen molar-refractivity contribution in [1.29, 1.82) is 0 Å². The van der Waals surface area contributed by atoms with Crippen LogP contribution in [0.5, 0.6) is 0 Å². The molecule has 1 unspecified atom stereocenters. The van der Waals surface area contributed by atoms with E-state index in [9.17, 15) is 8.42 Å². The number of sulfonamides is 1. The highest BCUT2D eigenvalue weighted by molar-refractivity contribution is 7.89. The Hall–Kier alpha value is -0.850. The van der Waals surface area contributed by atoms with Gasteiger partial charge in [0.1, 0.15) is 11.5 Å². The molecule has 0 bridgehead atoms. The van der Waals surface area contributed by atoms with E-state index in [1.807, 2.05) is 6.92 Å². The summed E-state index contributed by atoms with van der Waals surface area (Å²) in [5.41, 5.74) is 5.27. The van der Waals surface area contributed by atoms with Crippen molar-refractivity contribution in [2.75, 3.05) is 12.3 Å². The second kappa shape index (κ2) is 5.47. The number of nitrogens with two attached hydrogens (primary N) is 1. The molecule has 0 spiro atoms. The van der Waals surface area contributed by atoms with Crippen molar-refractivity contribution < 1.29 is 12.8 Å². The Morgan fingerprint density at radius 1 is 1.50 bits per heavy atom. The lowest BCUT2D eigenvalue weighted by atomic mass is 10.3. The summed E-state index contributed by atoms with van der Waals surface area (Å²) in [4.78, 5) is 0. The maximum atomic E-state index is 11.6. The molecule has 0 aromatic carbocycles. The first-order valence-electron chi connectivity index (χ1n) is 5.21. The molecule has 1 heterocycles. The molecule has 0 aliphatic heterocycles. The molecule has 5 nitrogen and oxygen atoms in total. The van der Waals surface area contributed by atoms with Gasteiger partial charge in [-0.15, -0.1) is 0 Å². The smallest absolute Gasteiger partial charge is 0.212 e. The van der Waals surface area contributed by atoms with E-state index in [-0.39, 0.29) is 11.8 Å². The van der Waals surface area contributed by atoms with Gasteiger partial charge in [0.2, 0.25) is 10.0 Å². The van der Waals surface area contributed by atoms with E-state index >= 15 is 0 Å². The minimum Gasteiger partial charge on any atom is -0.465 e. The Kier molecular flexibility index (Phi) is 4.52. The standard InChI is InChI=1S/C10H18N2O3S/c1-8-4-5-10(15-8)9(2)12-16(13,14)7-3-6-11/h4-5,9,12H,3,6-7,11H2,1-2H3. The Bertz CT molecular complexity index is 425. The Morgan fingerprint density at radius 2 is 2.19 bits per heavy atom. The molecule has 1 rings (SSSR count). The third kappa shape index (κ3) is 3.96. The summed E-state index contributed by atoms with van der Waals surface area (Å²) in [5, 5.41) is 0. The van der Waals surface area contributed by atoms with Crippen LogP contribution in [0.1, 0.15) is 30.9 Å². The molecule has 0 radical (unpaired) electrons. The van der Waals surface area contributed by atoms with Gasteiger partial charge in [0.15, 0.2) is 0 Å². The molecule has 0 fully saturated rings. The summed E-state index contributed by atoms with van der Waals surface area (Å²) in [5.74, 6) is 1.44. The summed E-state index contributed by atoms with van der Waals surface area (Å²) in [6.07, 6.45) is 0.458. The van der Waals surface area contributed by atoms with Gasteiger partial charge in [-0.3, -0.25) is 0 Å². The molecule has 0 amide bonds. The fourth-order valence-corrected chi connectivity index (χ4v) is 2.67. The lowest BCUT2D eigenvalue weighted by molar-refractivity contribution is 0.441. The molecule has 1 atom stereocenters. The van der Waals surface area contributed by atoms with Gasteiger partial charge in [0.25, 0.3) is 0 Å². The van der Waals surface area contributed by atoms with Gasteiger partial charge in [0, 0.05) is 0 Å². The van der Waals surface area contributed by atoms with E-state index in [2.05, 4.69) is 4.72 Å². The summed E-state index contributed by atoms with van der Waals surface area (Å²) >= 11 is 0. The summed E-state index contributed by atoms with van der Waals surface area (Å²) in [6, 6.07) is 3.22. The van der Waals surface area contributed by atoms with Crippen molar-refractivity contribution >= 4 is 10.0 Å². The van der Waals surface area contributed by atoms with E-state index in [0.717, 1.165) is 5.76 Å². The number of nitrogens with one attached hydrogen (secondary N) is 1. The fourth-order valence-electron chi connectivity index (χ4n) is 1.35. The van der Waals surface area contributed by atoms with Crippen molar-refractivity contribution in [3.05, 3.63) is 23.7 Å². The van der Waals surface area contributed by atoms with Crippen LogP contribution in [0.3, 0.4) is 0 Å². The molecule has 1 aromatic rings. The quantitative estimate of drug-likeness (QED) is 0.781. The van der Waals surface area contributed by atoms with Crippen LogP contribution in [0.25, 0.3) is 0 Å². The SMILES string of the molecule is Cc1ccc(C(C)NS(=O)(=O)CCCN)o1. The first-order valence-corrected chi connectivity index (χ1v) is 6.86. The maximum Gasteiger partial charge on any atom is 0.212 e. The van der Waals surface area contributed by atoms with Gasteiger partial charge in [-0.25, -0.2) is 13.1 Å². The van der Waals surface area contributed by atoms with Crippen LogP contribution >= 0.6 is 0 Å². The molecule has 0 saturated carbocycles. The topological polar surface area (TPSA) is 85.3 Å². The molecule has 92 valence electrons. The third-order valence-electron chi connectivity index (χ3n) is 2.16. The van der Waals surface area contributed by atoms with Crippen LogP contribution in [0.4, 0.5) is 0 Å². The van der Waals surface area contributed by atoms with E-state index in [0.29, 0.717) is 18.7 Å². The first kappa shape index (κ1) is 13.2.